The Morgan fingerprint density at radius 1 is 0.703 bits per heavy atom. The summed E-state index contributed by atoms with van der Waals surface area (Å²) in [6.45, 7) is 2.48. The standard InChI is InChI=1S/C19H25N3O.2C2HF3O2/c20-12-6-14-22(15-7-13-21)19(23)18-11-5-4-10-17(18)16-8-2-1-3-9-16;2*3-2(4,5)1(6)7/h1-5,8-11H,6-7,12-15,20-21H2;2*(H,6,7). The molecule has 1 amide bonds. The molecule has 14 heteroatoms. The third-order valence-corrected chi connectivity index (χ3v) is 4.28. The van der Waals surface area contributed by atoms with Crippen molar-refractivity contribution in [3.8, 4) is 11.1 Å². The summed E-state index contributed by atoms with van der Waals surface area (Å²) in [4.78, 5) is 32.6. The molecule has 0 aromatic heterocycles. The zero-order valence-corrected chi connectivity index (χ0v) is 19.4. The van der Waals surface area contributed by atoms with Gasteiger partial charge in [-0.2, -0.15) is 26.3 Å². The molecule has 0 radical (unpaired) electrons. The Kier molecular flexibility index (Phi) is 14.6. The van der Waals surface area contributed by atoms with Crippen LogP contribution in [0.5, 0.6) is 0 Å². The van der Waals surface area contributed by atoms with Crippen molar-refractivity contribution in [3.05, 3.63) is 60.2 Å². The van der Waals surface area contributed by atoms with Crippen LogP contribution in [-0.2, 0) is 9.59 Å². The number of amides is 1. The summed E-state index contributed by atoms with van der Waals surface area (Å²) in [6, 6.07) is 17.7. The first-order valence-electron chi connectivity index (χ1n) is 10.6. The molecule has 2 rings (SSSR count). The molecule has 0 unspecified atom stereocenters. The Hall–Kier alpha value is -3.65. The summed E-state index contributed by atoms with van der Waals surface area (Å²) in [7, 11) is 0. The lowest BCUT2D eigenvalue weighted by Gasteiger charge is -2.23. The van der Waals surface area contributed by atoms with Crippen LogP contribution in [0.3, 0.4) is 0 Å². The van der Waals surface area contributed by atoms with Crippen LogP contribution in [-0.4, -0.2) is 71.5 Å². The Balaban J connectivity index is 0.000000761. The van der Waals surface area contributed by atoms with E-state index in [0.717, 1.165) is 29.5 Å². The molecule has 0 fully saturated rings. The van der Waals surface area contributed by atoms with Crippen LogP contribution in [0.15, 0.2) is 54.6 Å². The van der Waals surface area contributed by atoms with E-state index in [0.29, 0.717) is 26.2 Å². The lowest BCUT2D eigenvalue weighted by Crippen LogP contribution is -2.35. The number of aliphatic carboxylic acids is 2. The van der Waals surface area contributed by atoms with E-state index in [2.05, 4.69) is 0 Å². The highest BCUT2D eigenvalue weighted by molar-refractivity contribution is 6.00. The van der Waals surface area contributed by atoms with Gasteiger partial charge in [0, 0.05) is 18.7 Å². The van der Waals surface area contributed by atoms with Crippen molar-refractivity contribution in [2.75, 3.05) is 26.2 Å². The molecule has 0 heterocycles. The van der Waals surface area contributed by atoms with E-state index in [4.69, 9.17) is 31.3 Å². The summed E-state index contributed by atoms with van der Waals surface area (Å²) in [5.74, 6) is -5.47. The van der Waals surface area contributed by atoms with Gasteiger partial charge in [-0.25, -0.2) is 9.59 Å². The second-order valence-corrected chi connectivity index (χ2v) is 7.09. The second kappa shape index (κ2) is 16.2. The molecular weight excluding hydrogens is 512 g/mol. The predicted octanol–water partition coefficient (Wildman–Crippen LogP) is 3.76. The normalized spacial score (nSPS) is 10.8. The SMILES string of the molecule is NCCCN(CCCN)C(=O)c1ccccc1-c1ccccc1.O=C(O)C(F)(F)F.O=C(O)C(F)(F)F. The van der Waals surface area contributed by atoms with Crippen LogP contribution in [0.2, 0.25) is 0 Å². The molecule has 8 nitrogen and oxygen atoms in total. The number of halogens is 6. The molecule has 0 saturated carbocycles. The monoisotopic (exact) mass is 539 g/mol. The maximum Gasteiger partial charge on any atom is 0.490 e. The topological polar surface area (TPSA) is 147 Å². The number of nitrogens with two attached hydrogens (primary N) is 2. The zero-order valence-electron chi connectivity index (χ0n) is 19.4. The number of nitrogens with zero attached hydrogens (tertiary/aromatic N) is 1. The first-order valence-corrected chi connectivity index (χ1v) is 10.6. The van der Waals surface area contributed by atoms with E-state index < -0.39 is 24.3 Å². The van der Waals surface area contributed by atoms with E-state index in [1.807, 2.05) is 59.5 Å². The fraction of sp³-hybridized carbons (Fsp3) is 0.348. The van der Waals surface area contributed by atoms with Gasteiger partial charge < -0.3 is 26.6 Å². The van der Waals surface area contributed by atoms with Crippen molar-refractivity contribution >= 4 is 17.8 Å². The van der Waals surface area contributed by atoms with Gasteiger partial charge in [0.15, 0.2) is 0 Å². The van der Waals surface area contributed by atoms with Crippen molar-refractivity contribution in [3.63, 3.8) is 0 Å². The molecular formula is C23H27F6N3O5. The summed E-state index contributed by atoms with van der Waals surface area (Å²) in [5, 5.41) is 14.2. The van der Waals surface area contributed by atoms with Gasteiger partial charge in [-0.3, -0.25) is 4.79 Å². The van der Waals surface area contributed by atoms with Crippen molar-refractivity contribution in [1.29, 1.82) is 0 Å². The quantitative estimate of drug-likeness (QED) is 0.374. The van der Waals surface area contributed by atoms with Gasteiger partial charge in [-0.1, -0.05) is 48.5 Å². The first-order chi connectivity index (χ1) is 17.2. The molecule has 2 aromatic rings. The lowest BCUT2D eigenvalue weighted by atomic mass is 9.98. The molecule has 0 atom stereocenters. The zero-order chi connectivity index (χ0) is 28.6. The Morgan fingerprint density at radius 3 is 1.46 bits per heavy atom. The lowest BCUT2D eigenvalue weighted by molar-refractivity contribution is -0.193. The molecule has 0 aliphatic carbocycles. The van der Waals surface area contributed by atoms with Crippen molar-refractivity contribution < 1.29 is 50.9 Å². The highest BCUT2D eigenvalue weighted by Gasteiger charge is 2.38. The van der Waals surface area contributed by atoms with Gasteiger partial charge >= 0.3 is 24.3 Å². The number of rotatable bonds is 8. The Morgan fingerprint density at radius 2 is 1.08 bits per heavy atom. The summed E-state index contributed by atoms with van der Waals surface area (Å²) in [5.41, 5.74) is 13.9. The van der Waals surface area contributed by atoms with Crippen molar-refractivity contribution in [2.45, 2.75) is 25.2 Å². The molecule has 0 spiro atoms. The molecule has 0 saturated heterocycles. The fourth-order valence-electron chi connectivity index (χ4n) is 2.59. The van der Waals surface area contributed by atoms with Crippen LogP contribution in [0, 0.1) is 0 Å². The second-order valence-electron chi connectivity index (χ2n) is 7.09. The number of benzene rings is 2. The number of carbonyl (C=O) groups is 3. The number of alkyl halides is 6. The number of carboxylic acid groups (broad SMARTS) is 2. The molecule has 0 aliphatic heterocycles. The highest BCUT2D eigenvalue weighted by Crippen LogP contribution is 2.24. The summed E-state index contributed by atoms with van der Waals surface area (Å²) in [6.07, 6.45) is -8.58. The summed E-state index contributed by atoms with van der Waals surface area (Å²) >= 11 is 0. The Bertz CT molecular complexity index is 953. The van der Waals surface area contributed by atoms with Crippen molar-refractivity contribution in [1.82, 2.24) is 4.90 Å². The molecule has 206 valence electrons. The van der Waals surface area contributed by atoms with Gasteiger partial charge in [0.05, 0.1) is 0 Å². The van der Waals surface area contributed by atoms with Crippen LogP contribution in [0.4, 0.5) is 26.3 Å². The predicted molar refractivity (Wildman–Crippen MR) is 123 cm³/mol. The van der Waals surface area contributed by atoms with Crippen LogP contribution in [0.25, 0.3) is 11.1 Å². The average molecular weight is 539 g/mol. The van der Waals surface area contributed by atoms with Gasteiger partial charge in [0.25, 0.3) is 5.91 Å². The minimum Gasteiger partial charge on any atom is -0.475 e. The molecule has 0 bridgehead atoms. The fourth-order valence-corrected chi connectivity index (χ4v) is 2.59. The van der Waals surface area contributed by atoms with E-state index in [1.165, 1.54) is 0 Å². The largest absolute Gasteiger partial charge is 0.490 e. The number of carboxylic acids is 2. The van der Waals surface area contributed by atoms with E-state index in [9.17, 15) is 31.1 Å². The van der Waals surface area contributed by atoms with E-state index in [1.54, 1.807) is 0 Å². The van der Waals surface area contributed by atoms with E-state index >= 15 is 0 Å². The maximum absolute atomic E-state index is 13.0. The van der Waals surface area contributed by atoms with Crippen molar-refractivity contribution in [2.24, 2.45) is 11.5 Å². The average Bonchev–Trinajstić information content (AvgIpc) is 2.84. The first kappa shape index (κ1) is 33.4. The third kappa shape index (κ3) is 13.3. The van der Waals surface area contributed by atoms with Crippen LogP contribution in [0.1, 0.15) is 23.2 Å². The van der Waals surface area contributed by atoms with Crippen LogP contribution < -0.4 is 11.5 Å². The van der Waals surface area contributed by atoms with Gasteiger partial charge in [-0.05, 0) is 43.1 Å². The van der Waals surface area contributed by atoms with Crippen LogP contribution >= 0.6 is 0 Å². The minimum atomic E-state index is -5.08. The molecule has 37 heavy (non-hydrogen) atoms. The number of hydrogen-bond acceptors (Lipinski definition) is 5. The molecule has 2 aromatic carbocycles. The van der Waals surface area contributed by atoms with Gasteiger partial charge in [0.1, 0.15) is 0 Å². The summed E-state index contributed by atoms with van der Waals surface area (Å²) < 4.78 is 63.5. The minimum absolute atomic E-state index is 0.0475. The Labute approximate surface area is 208 Å². The number of carbonyl (C=O) groups excluding carboxylic acids is 1. The van der Waals surface area contributed by atoms with Gasteiger partial charge in [-0.15, -0.1) is 0 Å². The smallest absolute Gasteiger partial charge is 0.475 e. The number of hydrogen-bond donors (Lipinski definition) is 4. The van der Waals surface area contributed by atoms with Gasteiger partial charge in [0.2, 0.25) is 0 Å². The van der Waals surface area contributed by atoms with E-state index in [-0.39, 0.29) is 5.91 Å². The molecule has 6 N–H and O–H groups in total. The maximum atomic E-state index is 13.0. The molecule has 0 aliphatic rings. The third-order valence-electron chi connectivity index (χ3n) is 4.28. The highest BCUT2D eigenvalue weighted by atomic mass is 19.4.